The minimum absolute atomic E-state index is 0.0408. The van der Waals surface area contributed by atoms with Crippen LogP contribution in [0, 0.1) is 11.6 Å². The maximum atomic E-state index is 14.6. The van der Waals surface area contributed by atoms with Gasteiger partial charge in [-0.1, -0.05) is 23.2 Å². The number of benzene rings is 2. The van der Waals surface area contributed by atoms with Crippen molar-refractivity contribution >= 4 is 52.1 Å². The van der Waals surface area contributed by atoms with Gasteiger partial charge >= 0.3 is 5.69 Å². The number of thioether (sulfide) groups is 1. The van der Waals surface area contributed by atoms with E-state index in [1.54, 1.807) is 0 Å². The van der Waals surface area contributed by atoms with E-state index in [1.807, 2.05) is 0 Å². The first-order valence-corrected chi connectivity index (χ1v) is 9.59. The third-order valence-electron chi connectivity index (χ3n) is 4.31. The van der Waals surface area contributed by atoms with E-state index in [1.165, 1.54) is 35.7 Å². The highest BCUT2D eigenvalue weighted by Gasteiger charge is 2.25. The number of ether oxygens (including phenoxy) is 1. The SMILES string of the molecule is COC1=Cn2c(=O)[nH]c(=O)c3cc(Cl)c(-c4cc(Cl)c(F)cc4F)c(c32)SC1. The molecule has 0 bridgehead atoms. The summed E-state index contributed by atoms with van der Waals surface area (Å²) in [5, 5.41) is -0.0661. The second-order valence-corrected chi connectivity index (χ2v) is 7.72. The summed E-state index contributed by atoms with van der Waals surface area (Å²) in [5.41, 5.74) is -0.880. The molecule has 1 aliphatic rings. The molecule has 0 saturated heterocycles. The molecule has 1 aliphatic heterocycles. The van der Waals surface area contributed by atoms with Crippen LogP contribution in [0.3, 0.4) is 0 Å². The molecule has 0 aliphatic carbocycles. The lowest BCUT2D eigenvalue weighted by Crippen LogP contribution is -2.28. The van der Waals surface area contributed by atoms with Crippen LogP contribution >= 0.6 is 35.0 Å². The number of hydrogen-bond donors (Lipinski definition) is 1. The van der Waals surface area contributed by atoms with Crippen molar-refractivity contribution in [3.8, 4) is 11.1 Å². The molecule has 2 heterocycles. The van der Waals surface area contributed by atoms with Crippen molar-refractivity contribution in [2.75, 3.05) is 12.9 Å². The number of halogens is 4. The molecule has 10 heteroatoms. The first-order valence-electron chi connectivity index (χ1n) is 7.85. The molecule has 1 N–H and O–H groups in total. The Labute approximate surface area is 170 Å². The summed E-state index contributed by atoms with van der Waals surface area (Å²) in [6, 6.07) is 3.13. The van der Waals surface area contributed by atoms with Gasteiger partial charge in [-0.3, -0.25) is 14.3 Å². The third-order valence-corrected chi connectivity index (χ3v) is 6.01. The first-order chi connectivity index (χ1) is 13.3. The topological polar surface area (TPSA) is 64.1 Å². The van der Waals surface area contributed by atoms with Crippen LogP contribution in [0.25, 0.3) is 28.2 Å². The third kappa shape index (κ3) is 2.92. The molecule has 0 atom stereocenters. The molecular weight excluding hydrogens is 433 g/mol. The van der Waals surface area contributed by atoms with Crippen molar-refractivity contribution < 1.29 is 13.5 Å². The van der Waals surface area contributed by atoms with Crippen LogP contribution in [-0.2, 0) is 4.74 Å². The van der Waals surface area contributed by atoms with E-state index >= 15 is 0 Å². The fourth-order valence-electron chi connectivity index (χ4n) is 3.02. The summed E-state index contributed by atoms with van der Waals surface area (Å²) in [4.78, 5) is 27.3. The van der Waals surface area contributed by atoms with E-state index in [2.05, 4.69) is 4.98 Å². The van der Waals surface area contributed by atoms with Gasteiger partial charge < -0.3 is 4.74 Å². The van der Waals surface area contributed by atoms with Crippen LogP contribution in [-0.4, -0.2) is 22.4 Å². The van der Waals surface area contributed by atoms with Gasteiger partial charge in [-0.15, -0.1) is 11.8 Å². The molecule has 0 unspecified atom stereocenters. The van der Waals surface area contributed by atoms with Crippen molar-refractivity contribution in [1.82, 2.24) is 9.55 Å². The molecule has 0 radical (unpaired) electrons. The number of H-pyrrole nitrogens is 1. The normalized spacial score (nSPS) is 13.4. The van der Waals surface area contributed by atoms with Crippen LogP contribution in [0.2, 0.25) is 10.0 Å². The Bertz CT molecular complexity index is 1300. The Morgan fingerprint density at radius 1 is 1.14 bits per heavy atom. The summed E-state index contributed by atoms with van der Waals surface area (Å²) in [5.74, 6) is -1.03. The molecular formula is C18H10Cl2F2N2O3S. The Kier molecular flexibility index (Phi) is 4.73. The molecule has 0 spiro atoms. The predicted molar refractivity (Wildman–Crippen MR) is 106 cm³/mol. The molecule has 3 aromatic rings. The Hall–Kier alpha value is -2.29. The number of rotatable bonds is 2. The fraction of sp³-hybridized carbons (Fsp3) is 0.111. The number of methoxy groups -OCH3 is 1. The molecule has 4 rings (SSSR count). The highest BCUT2D eigenvalue weighted by Crippen LogP contribution is 2.44. The van der Waals surface area contributed by atoms with E-state index in [4.69, 9.17) is 27.9 Å². The maximum Gasteiger partial charge on any atom is 0.333 e. The van der Waals surface area contributed by atoms with Gasteiger partial charge in [-0.2, -0.15) is 0 Å². The van der Waals surface area contributed by atoms with Crippen molar-refractivity contribution in [3.63, 3.8) is 0 Å². The van der Waals surface area contributed by atoms with Crippen LogP contribution in [0.1, 0.15) is 0 Å². The lowest BCUT2D eigenvalue weighted by molar-refractivity contribution is 0.298. The van der Waals surface area contributed by atoms with Gasteiger partial charge in [0.1, 0.15) is 17.4 Å². The molecule has 2 aromatic carbocycles. The van der Waals surface area contributed by atoms with Crippen molar-refractivity contribution in [3.05, 3.63) is 66.5 Å². The smallest absolute Gasteiger partial charge is 0.333 e. The Balaban J connectivity index is 2.19. The standard InChI is InChI=1S/C18H10Cl2F2N2O3S/c1-27-7-5-24-15-9(17(25)23-18(24)26)3-11(20)14(16(15)28-6-7)8-2-10(19)13(22)4-12(8)21/h2-5H,6H2,1H3,(H,23,25,26). The van der Waals surface area contributed by atoms with Crippen molar-refractivity contribution in [2.45, 2.75) is 4.90 Å². The average molecular weight is 443 g/mol. The zero-order valence-corrected chi connectivity index (χ0v) is 16.4. The zero-order valence-electron chi connectivity index (χ0n) is 14.1. The summed E-state index contributed by atoms with van der Waals surface area (Å²) in [6.45, 7) is 0. The first kappa shape index (κ1) is 19.0. The summed E-state index contributed by atoms with van der Waals surface area (Å²) in [6.07, 6.45) is 1.45. The Morgan fingerprint density at radius 2 is 1.89 bits per heavy atom. The van der Waals surface area contributed by atoms with Gasteiger partial charge in [0.05, 0.1) is 40.0 Å². The second kappa shape index (κ2) is 6.95. The minimum Gasteiger partial charge on any atom is -0.499 e. The van der Waals surface area contributed by atoms with E-state index in [9.17, 15) is 18.4 Å². The maximum absolute atomic E-state index is 14.6. The molecule has 0 saturated carbocycles. The molecule has 0 amide bonds. The van der Waals surface area contributed by atoms with Gasteiger partial charge in [-0.25, -0.2) is 13.6 Å². The molecule has 28 heavy (non-hydrogen) atoms. The van der Waals surface area contributed by atoms with E-state index in [0.29, 0.717) is 22.5 Å². The number of hydrogen-bond acceptors (Lipinski definition) is 4. The van der Waals surface area contributed by atoms with Crippen molar-refractivity contribution in [1.29, 1.82) is 0 Å². The molecule has 5 nitrogen and oxygen atoms in total. The van der Waals surface area contributed by atoms with Gasteiger partial charge in [0, 0.05) is 22.1 Å². The summed E-state index contributed by atoms with van der Waals surface area (Å²) < 4.78 is 34.7. The summed E-state index contributed by atoms with van der Waals surface area (Å²) in [7, 11) is 1.45. The highest BCUT2D eigenvalue weighted by atomic mass is 35.5. The van der Waals surface area contributed by atoms with Gasteiger partial charge in [0.15, 0.2) is 0 Å². The van der Waals surface area contributed by atoms with Crippen LogP contribution < -0.4 is 11.2 Å². The monoisotopic (exact) mass is 442 g/mol. The predicted octanol–water partition coefficient (Wildman–Crippen LogP) is 4.49. The minimum atomic E-state index is -0.907. The number of nitrogens with zero attached hydrogens (tertiary/aromatic N) is 1. The van der Waals surface area contributed by atoms with Crippen molar-refractivity contribution in [2.24, 2.45) is 0 Å². The van der Waals surface area contributed by atoms with Gasteiger partial charge in [0.2, 0.25) is 0 Å². The fourth-order valence-corrected chi connectivity index (χ4v) is 4.73. The second-order valence-electron chi connectivity index (χ2n) is 5.92. The van der Waals surface area contributed by atoms with E-state index in [0.717, 1.165) is 6.07 Å². The number of aromatic nitrogens is 2. The van der Waals surface area contributed by atoms with E-state index < -0.39 is 22.9 Å². The van der Waals surface area contributed by atoms with Crippen LogP contribution in [0.5, 0.6) is 0 Å². The lowest BCUT2D eigenvalue weighted by atomic mass is 10.0. The zero-order chi connectivity index (χ0) is 20.2. The van der Waals surface area contributed by atoms with Crippen LogP contribution in [0.4, 0.5) is 8.78 Å². The van der Waals surface area contributed by atoms with Gasteiger partial charge in [0.25, 0.3) is 5.56 Å². The Morgan fingerprint density at radius 3 is 2.61 bits per heavy atom. The quantitative estimate of drug-likeness (QED) is 0.593. The number of aromatic amines is 1. The molecule has 144 valence electrons. The van der Waals surface area contributed by atoms with Gasteiger partial charge in [-0.05, 0) is 12.1 Å². The molecule has 0 fully saturated rings. The summed E-state index contributed by atoms with van der Waals surface area (Å²) >= 11 is 13.4. The lowest BCUT2D eigenvalue weighted by Gasteiger charge is -2.16. The number of nitrogens with one attached hydrogen (secondary N) is 1. The largest absolute Gasteiger partial charge is 0.499 e. The highest BCUT2D eigenvalue weighted by molar-refractivity contribution is 7.99. The van der Waals surface area contributed by atoms with Crippen LogP contribution in [0.15, 0.2) is 38.4 Å². The average Bonchev–Trinajstić information content (AvgIpc) is 2.84. The van der Waals surface area contributed by atoms with E-state index in [-0.39, 0.29) is 32.1 Å². The molecule has 1 aromatic heterocycles.